The number of hydrogen-bond acceptors (Lipinski definition) is 2. The van der Waals surface area contributed by atoms with Crippen LogP contribution in [0.5, 0.6) is 0 Å². The van der Waals surface area contributed by atoms with E-state index in [-0.39, 0.29) is 23.8 Å². The topological polar surface area (TPSA) is 40.5 Å². The van der Waals surface area contributed by atoms with E-state index in [1.807, 2.05) is 0 Å². The maximum absolute atomic E-state index is 11.3. The van der Waals surface area contributed by atoms with Crippen LogP contribution >= 0.6 is 0 Å². The van der Waals surface area contributed by atoms with Crippen LogP contribution in [0.2, 0.25) is 0 Å². The highest BCUT2D eigenvalue weighted by atomic mass is 16.4. The molecule has 1 aliphatic heterocycles. The minimum absolute atomic E-state index is 0.0509. The number of benzene rings is 1. The molecule has 3 atom stereocenters. The average molecular weight is 386 g/mol. The Balaban J connectivity index is 2.39. The number of aryl methyl sites for hydroxylation is 1. The third-order valence-corrected chi connectivity index (χ3v) is 6.14. The molecular formula is C25H39NO2. The second kappa shape index (κ2) is 9.26. The molecule has 28 heavy (non-hydrogen) atoms. The van der Waals surface area contributed by atoms with Crippen molar-refractivity contribution in [2.24, 2.45) is 17.3 Å². The zero-order chi connectivity index (χ0) is 21.1. The summed E-state index contributed by atoms with van der Waals surface area (Å²) in [5, 5.41) is 9.32. The van der Waals surface area contributed by atoms with Gasteiger partial charge in [-0.15, -0.1) is 0 Å². The second-order valence-corrected chi connectivity index (χ2v) is 10.1. The largest absolute Gasteiger partial charge is 0.481 e. The molecule has 0 amide bonds. The number of carboxylic acids is 1. The van der Waals surface area contributed by atoms with Gasteiger partial charge in [-0.1, -0.05) is 76.6 Å². The predicted octanol–water partition coefficient (Wildman–Crippen LogP) is 6.24. The van der Waals surface area contributed by atoms with Crippen molar-refractivity contribution in [1.29, 1.82) is 0 Å². The lowest BCUT2D eigenvalue weighted by atomic mass is 9.77. The molecule has 0 saturated carbocycles. The molecule has 2 rings (SSSR count). The first-order chi connectivity index (χ1) is 13.0. The Kier molecular flexibility index (Phi) is 7.50. The van der Waals surface area contributed by atoms with Gasteiger partial charge in [0.05, 0.1) is 0 Å². The zero-order valence-corrected chi connectivity index (χ0v) is 18.7. The number of carboxylic acid groups (broad SMARTS) is 1. The molecular weight excluding hydrogens is 346 g/mol. The standard InChI is InChI=1S/C25H39NO2/c1-17(2)14-22(19(4)25(5,6)7)26-13-12-20(16-24(27)28)15-23(26)21-10-8-18(3)9-11-21/h8-11,17,20,22-23H,4,12-16H2,1-3,5-7H3,(H,27,28)/t20-,22+,23+/m1/s1. The highest BCUT2D eigenvalue weighted by Crippen LogP contribution is 2.42. The van der Waals surface area contributed by atoms with Crippen LogP contribution in [-0.4, -0.2) is 28.6 Å². The first-order valence-corrected chi connectivity index (χ1v) is 10.7. The number of carbonyl (C=O) groups is 1. The Morgan fingerprint density at radius 2 is 1.86 bits per heavy atom. The maximum Gasteiger partial charge on any atom is 0.303 e. The molecule has 1 fully saturated rings. The molecule has 1 aromatic carbocycles. The summed E-state index contributed by atoms with van der Waals surface area (Å²) in [7, 11) is 0. The molecule has 1 heterocycles. The Morgan fingerprint density at radius 3 is 2.36 bits per heavy atom. The average Bonchev–Trinajstić information content (AvgIpc) is 2.58. The van der Waals surface area contributed by atoms with Crippen molar-refractivity contribution in [3.63, 3.8) is 0 Å². The van der Waals surface area contributed by atoms with Crippen LogP contribution in [0, 0.1) is 24.2 Å². The maximum atomic E-state index is 11.3. The van der Waals surface area contributed by atoms with Gasteiger partial charge in [-0.2, -0.15) is 0 Å². The Bertz CT molecular complexity index is 669. The van der Waals surface area contributed by atoms with E-state index in [9.17, 15) is 9.90 Å². The summed E-state index contributed by atoms with van der Waals surface area (Å²) in [5.74, 6) is 0.140. The smallest absolute Gasteiger partial charge is 0.303 e. The van der Waals surface area contributed by atoms with Crippen molar-refractivity contribution in [1.82, 2.24) is 4.90 Å². The number of rotatable bonds is 7. The van der Waals surface area contributed by atoms with Gasteiger partial charge in [-0.25, -0.2) is 0 Å². The summed E-state index contributed by atoms with van der Waals surface area (Å²) < 4.78 is 0. The van der Waals surface area contributed by atoms with Crippen LogP contribution in [0.1, 0.15) is 77.5 Å². The van der Waals surface area contributed by atoms with Crippen molar-refractivity contribution < 1.29 is 9.90 Å². The van der Waals surface area contributed by atoms with E-state index < -0.39 is 5.97 Å². The fourth-order valence-electron chi connectivity index (χ4n) is 4.40. The lowest BCUT2D eigenvalue weighted by molar-refractivity contribution is -0.138. The minimum atomic E-state index is -0.682. The van der Waals surface area contributed by atoms with E-state index in [4.69, 9.17) is 0 Å². The van der Waals surface area contributed by atoms with E-state index in [1.165, 1.54) is 16.7 Å². The van der Waals surface area contributed by atoms with Crippen molar-refractivity contribution in [3.05, 3.63) is 47.5 Å². The highest BCUT2D eigenvalue weighted by molar-refractivity contribution is 5.67. The molecule has 1 aliphatic rings. The third-order valence-electron chi connectivity index (χ3n) is 6.14. The fourth-order valence-corrected chi connectivity index (χ4v) is 4.40. The summed E-state index contributed by atoms with van der Waals surface area (Å²) in [5.41, 5.74) is 3.90. The number of likely N-dealkylation sites (tertiary alicyclic amines) is 1. The van der Waals surface area contributed by atoms with Crippen molar-refractivity contribution in [2.45, 2.75) is 79.3 Å². The number of aliphatic carboxylic acids is 1. The lowest BCUT2D eigenvalue weighted by Crippen LogP contribution is -2.47. The normalized spacial score (nSPS) is 22.2. The molecule has 3 nitrogen and oxygen atoms in total. The molecule has 0 unspecified atom stereocenters. The van der Waals surface area contributed by atoms with Gasteiger partial charge in [0.25, 0.3) is 0 Å². The van der Waals surface area contributed by atoms with Gasteiger partial charge in [-0.3, -0.25) is 9.69 Å². The van der Waals surface area contributed by atoms with E-state index in [0.717, 1.165) is 25.8 Å². The SMILES string of the molecule is C=C([C@H](CC(C)C)N1CC[C@@H](CC(=O)O)C[C@H]1c1ccc(C)cc1)C(C)(C)C. The highest BCUT2D eigenvalue weighted by Gasteiger charge is 2.37. The van der Waals surface area contributed by atoms with Crippen molar-refractivity contribution in [2.75, 3.05) is 6.54 Å². The molecule has 1 aromatic rings. The van der Waals surface area contributed by atoms with E-state index >= 15 is 0 Å². The fraction of sp³-hybridized carbons (Fsp3) is 0.640. The van der Waals surface area contributed by atoms with Gasteiger partial charge in [-0.05, 0) is 55.5 Å². The van der Waals surface area contributed by atoms with Gasteiger partial charge in [0.1, 0.15) is 0 Å². The van der Waals surface area contributed by atoms with Crippen LogP contribution in [0.4, 0.5) is 0 Å². The quantitative estimate of drug-likeness (QED) is 0.565. The minimum Gasteiger partial charge on any atom is -0.481 e. The first kappa shape index (κ1) is 22.7. The summed E-state index contributed by atoms with van der Waals surface area (Å²) in [6.07, 6.45) is 3.20. The number of piperidine rings is 1. The van der Waals surface area contributed by atoms with Gasteiger partial charge >= 0.3 is 5.97 Å². The molecule has 0 radical (unpaired) electrons. The Labute approximate surface area is 171 Å². The van der Waals surface area contributed by atoms with Crippen LogP contribution in [0.15, 0.2) is 36.4 Å². The first-order valence-electron chi connectivity index (χ1n) is 10.7. The third kappa shape index (κ3) is 5.94. The summed E-state index contributed by atoms with van der Waals surface area (Å²) in [6.45, 7) is 18.9. The van der Waals surface area contributed by atoms with Crippen LogP contribution < -0.4 is 0 Å². The molecule has 0 bridgehead atoms. The van der Waals surface area contributed by atoms with Gasteiger partial charge in [0.15, 0.2) is 0 Å². The monoisotopic (exact) mass is 385 g/mol. The van der Waals surface area contributed by atoms with Crippen LogP contribution in [-0.2, 0) is 4.79 Å². The van der Waals surface area contributed by atoms with Crippen molar-refractivity contribution in [3.8, 4) is 0 Å². The molecule has 3 heteroatoms. The molecule has 0 aliphatic carbocycles. The van der Waals surface area contributed by atoms with E-state index in [0.29, 0.717) is 12.0 Å². The van der Waals surface area contributed by atoms with Crippen LogP contribution in [0.3, 0.4) is 0 Å². The van der Waals surface area contributed by atoms with Crippen LogP contribution in [0.25, 0.3) is 0 Å². The van der Waals surface area contributed by atoms with Gasteiger partial charge < -0.3 is 5.11 Å². The van der Waals surface area contributed by atoms with E-state index in [2.05, 4.69) is 77.3 Å². The predicted molar refractivity (Wildman–Crippen MR) is 117 cm³/mol. The lowest BCUT2D eigenvalue weighted by Gasteiger charge is -2.47. The van der Waals surface area contributed by atoms with Gasteiger partial charge in [0.2, 0.25) is 0 Å². The summed E-state index contributed by atoms with van der Waals surface area (Å²) >= 11 is 0. The molecule has 0 spiro atoms. The summed E-state index contributed by atoms with van der Waals surface area (Å²) in [6, 6.07) is 9.36. The van der Waals surface area contributed by atoms with Gasteiger partial charge in [0, 0.05) is 18.5 Å². The Morgan fingerprint density at radius 1 is 1.25 bits per heavy atom. The second-order valence-electron chi connectivity index (χ2n) is 10.1. The zero-order valence-electron chi connectivity index (χ0n) is 18.7. The molecule has 156 valence electrons. The molecule has 1 N–H and O–H groups in total. The number of nitrogens with zero attached hydrogens (tertiary/aromatic N) is 1. The molecule has 1 saturated heterocycles. The number of hydrogen-bond donors (Lipinski definition) is 1. The summed E-state index contributed by atoms with van der Waals surface area (Å²) in [4.78, 5) is 13.9. The van der Waals surface area contributed by atoms with Crippen molar-refractivity contribution >= 4 is 5.97 Å². The molecule has 0 aromatic heterocycles. The van der Waals surface area contributed by atoms with E-state index in [1.54, 1.807) is 0 Å². The Hall–Kier alpha value is -1.61.